The van der Waals surface area contributed by atoms with Crippen molar-refractivity contribution in [1.29, 1.82) is 0 Å². The molecule has 2 aliphatic rings. The molecule has 2 atom stereocenters. The molecule has 24 heavy (non-hydrogen) atoms. The highest BCUT2D eigenvalue weighted by atomic mass is 16.5. The number of anilines is 1. The van der Waals surface area contributed by atoms with Gasteiger partial charge in [-0.15, -0.1) is 0 Å². The molecule has 0 radical (unpaired) electrons. The lowest BCUT2D eigenvalue weighted by Crippen LogP contribution is -2.51. The maximum atomic E-state index is 12.0. The first-order chi connectivity index (χ1) is 11.6. The molecule has 130 valence electrons. The zero-order chi connectivity index (χ0) is 17.1. The summed E-state index contributed by atoms with van der Waals surface area (Å²) in [7, 11) is 0. The molecule has 2 amide bonds. The molecule has 0 spiro atoms. The van der Waals surface area contributed by atoms with E-state index >= 15 is 0 Å². The van der Waals surface area contributed by atoms with E-state index in [0.717, 1.165) is 24.9 Å². The van der Waals surface area contributed by atoms with E-state index in [1.807, 2.05) is 6.92 Å². The standard InChI is InChI=1S/C18H24N2O4/c1-2-20-15(10-24-11-16(20)21)17(22)12-6-8-14(9-7-12)19-18(23)13-4-3-5-13/h6-9,13,15,17,22H,2-5,10-11H2,1H3,(H,19,23)/t15-,17-/m1/s1. The number of carbonyl (C=O) groups excluding carboxylic acids is 2. The summed E-state index contributed by atoms with van der Waals surface area (Å²) in [5.41, 5.74) is 1.43. The monoisotopic (exact) mass is 332 g/mol. The van der Waals surface area contributed by atoms with Crippen molar-refractivity contribution in [2.75, 3.05) is 25.1 Å². The number of hydrogen-bond donors (Lipinski definition) is 2. The molecule has 1 saturated carbocycles. The lowest BCUT2D eigenvalue weighted by Gasteiger charge is -2.37. The Kier molecular flexibility index (Phi) is 5.16. The maximum absolute atomic E-state index is 12.0. The SMILES string of the molecule is CCN1C(=O)COC[C@@H]1[C@H](O)c1ccc(NC(=O)C2CCC2)cc1. The number of nitrogens with one attached hydrogen (secondary N) is 1. The summed E-state index contributed by atoms with van der Waals surface area (Å²) in [6.07, 6.45) is 2.24. The molecule has 1 aliphatic carbocycles. The molecule has 2 fully saturated rings. The topological polar surface area (TPSA) is 78.9 Å². The van der Waals surface area contributed by atoms with E-state index in [1.54, 1.807) is 29.2 Å². The van der Waals surface area contributed by atoms with Crippen LogP contribution in [-0.4, -0.2) is 47.6 Å². The van der Waals surface area contributed by atoms with Crippen molar-refractivity contribution < 1.29 is 19.4 Å². The number of rotatable bonds is 5. The number of aliphatic hydroxyl groups is 1. The summed E-state index contributed by atoms with van der Waals surface area (Å²) in [4.78, 5) is 25.5. The van der Waals surface area contributed by atoms with Gasteiger partial charge in [-0.3, -0.25) is 9.59 Å². The van der Waals surface area contributed by atoms with Crippen LogP contribution in [0.2, 0.25) is 0 Å². The average molecular weight is 332 g/mol. The highest BCUT2D eigenvalue weighted by molar-refractivity contribution is 5.93. The molecule has 6 heteroatoms. The number of nitrogens with zero attached hydrogens (tertiary/aromatic N) is 1. The van der Waals surface area contributed by atoms with Gasteiger partial charge in [-0.05, 0) is 37.5 Å². The summed E-state index contributed by atoms with van der Waals surface area (Å²) < 4.78 is 5.28. The molecule has 6 nitrogen and oxygen atoms in total. The van der Waals surface area contributed by atoms with Gasteiger partial charge in [0, 0.05) is 18.2 Å². The Morgan fingerprint density at radius 1 is 1.38 bits per heavy atom. The van der Waals surface area contributed by atoms with E-state index in [0.29, 0.717) is 18.7 Å². The molecule has 1 aliphatic heterocycles. The van der Waals surface area contributed by atoms with Gasteiger partial charge in [0.15, 0.2) is 0 Å². The minimum absolute atomic E-state index is 0.0676. The van der Waals surface area contributed by atoms with Crippen LogP contribution in [0.15, 0.2) is 24.3 Å². The minimum atomic E-state index is -0.814. The van der Waals surface area contributed by atoms with Crippen LogP contribution in [0, 0.1) is 5.92 Å². The predicted molar refractivity (Wildman–Crippen MR) is 89.4 cm³/mol. The molecular formula is C18H24N2O4. The van der Waals surface area contributed by atoms with Gasteiger partial charge in [0.1, 0.15) is 12.7 Å². The molecule has 0 unspecified atom stereocenters. The van der Waals surface area contributed by atoms with Gasteiger partial charge < -0.3 is 20.1 Å². The first-order valence-electron chi connectivity index (χ1n) is 8.56. The third kappa shape index (κ3) is 3.44. The fraction of sp³-hybridized carbons (Fsp3) is 0.556. The number of likely N-dealkylation sites (N-methyl/N-ethyl adjacent to an activating group) is 1. The normalized spacial score (nSPS) is 22.8. The lowest BCUT2D eigenvalue weighted by molar-refractivity contribution is -0.153. The van der Waals surface area contributed by atoms with Gasteiger partial charge in [0.05, 0.1) is 12.6 Å². The Morgan fingerprint density at radius 3 is 2.67 bits per heavy atom. The van der Waals surface area contributed by atoms with Crippen LogP contribution in [0.5, 0.6) is 0 Å². The largest absolute Gasteiger partial charge is 0.386 e. The highest BCUT2D eigenvalue weighted by Crippen LogP contribution is 2.28. The highest BCUT2D eigenvalue weighted by Gasteiger charge is 2.33. The number of ether oxygens (including phenoxy) is 1. The van der Waals surface area contributed by atoms with Crippen molar-refractivity contribution in [2.45, 2.75) is 38.3 Å². The van der Waals surface area contributed by atoms with Crippen molar-refractivity contribution >= 4 is 17.5 Å². The smallest absolute Gasteiger partial charge is 0.248 e. The van der Waals surface area contributed by atoms with Crippen molar-refractivity contribution in [3.63, 3.8) is 0 Å². The molecule has 2 N–H and O–H groups in total. The third-order valence-electron chi connectivity index (χ3n) is 4.94. The van der Waals surface area contributed by atoms with E-state index < -0.39 is 6.10 Å². The number of hydrogen-bond acceptors (Lipinski definition) is 4. The summed E-state index contributed by atoms with van der Waals surface area (Å²) in [5, 5.41) is 13.5. The first kappa shape index (κ1) is 16.9. The van der Waals surface area contributed by atoms with E-state index in [9.17, 15) is 14.7 Å². The van der Waals surface area contributed by atoms with Crippen LogP contribution < -0.4 is 5.32 Å². The van der Waals surface area contributed by atoms with Gasteiger partial charge in [-0.25, -0.2) is 0 Å². The van der Waals surface area contributed by atoms with Gasteiger partial charge in [0.25, 0.3) is 0 Å². The number of amides is 2. The van der Waals surface area contributed by atoms with E-state index in [2.05, 4.69) is 5.32 Å². The van der Waals surface area contributed by atoms with Crippen molar-refractivity contribution in [3.05, 3.63) is 29.8 Å². The zero-order valence-electron chi connectivity index (χ0n) is 13.9. The van der Waals surface area contributed by atoms with Crippen LogP contribution in [0.4, 0.5) is 5.69 Å². The number of morpholine rings is 1. The van der Waals surface area contributed by atoms with Gasteiger partial charge in [-0.2, -0.15) is 0 Å². The molecule has 1 aromatic rings. The second-order valence-corrected chi connectivity index (χ2v) is 6.45. The number of carbonyl (C=O) groups is 2. The van der Waals surface area contributed by atoms with Crippen LogP contribution >= 0.6 is 0 Å². The summed E-state index contributed by atoms with van der Waals surface area (Å²) in [6, 6.07) is 6.77. The fourth-order valence-electron chi connectivity index (χ4n) is 3.20. The number of benzene rings is 1. The Balaban J connectivity index is 1.65. The van der Waals surface area contributed by atoms with E-state index in [-0.39, 0.29) is 30.4 Å². The molecule has 1 aromatic carbocycles. The third-order valence-corrected chi connectivity index (χ3v) is 4.94. The fourth-order valence-corrected chi connectivity index (χ4v) is 3.20. The van der Waals surface area contributed by atoms with Crippen LogP contribution in [0.25, 0.3) is 0 Å². The second-order valence-electron chi connectivity index (χ2n) is 6.45. The van der Waals surface area contributed by atoms with Crippen LogP contribution in [-0.2, 0) is 14.3 Å². The molecule has 0 aromatic heterocycles. The zero-order valence-corrected chi connectivity index (χ0v) is 13.9. The van der Waals surface area contributed by atoms with Crippen molar-refractivity contribution in [1.82, 2.24) is 4.90 Å². The minimum Gasteiger partial charge on any atom is -0.386 e. The Morgan fingerprint density at radius 2 is 2.08 bits per heavy atom. The van der Waals surface area contributed by atoms with Gasteiger partial charge >= 0.3 is 0 Å². The Labute approximate surface area is 141 Å². The Bertz CT molecular complexity index is 598. The predicted octanol–water partition coefficient (Wildman–Crippen LogP) is 1.71. The van der Waals surface area contributed by atoms with Gasteiger partial charge in [-0.1, -0.05) is 18.6 Å². The average Bonchev–Trinajstić information content (AvgIpc) is 2.53. The second kappa shape index (κ2) is 7.32. The summed E-state index contributed by atoms with van der Waals surface area (Å²) in [6.45, 7) is 2.82. The number of aliphatic hydroxyl groups excluding tert-OH is 1. The first-order valence-corrected chi connectivity index (χ1v) is 8.56. The quantitative estimate of drug-likeness (QED) is 0.860. The van der Waals surface area contributed by atoms with Crippen molar-refractivity contribution in [3.8, 4) is 0 Å². The van der Waals surface area contributed by atoms with Crippen molar-refractivity contribution in [2.24, 2.45) is 5.92 Å². The molecule has 0 bridgehead atoms. The van der Waals surface area contributed by atoms with Gasteiger partial charge in [0.2, 0.25) is 11.8 Å². The maximum Gasteiger partial charge on any atom is 0.248 e. The molecule has 1 heterocycles. The van der Waals surface area contributed by atoms with Crippen LogP contribution in [0.3, 0.4) is 0 Å². The Hall–Kier alpha value is -1.92. The molecule has 1 saturated heterocycles. The summed E-state index contributed by atoms with van der Waals surface area (Å²) >= 11 is 0. The summed E-state index contributed by atoms with van der Waals surface area (Å²) in [5.74, 6) is 0.106. The van der Waals surface area contributed by atoms with E-state index in [1.165, 1.54) is 0 Å². The van der Waals surface area contributed by atoms with E-state index in [4.69, 9.17) is 4.74 Å². The lowest BCUT2D eigenvalue weighted by atomic mass is 9.85. The van der Waals surface area contributed by atoms with Crippen LogP contribution in [0.1, 0.15) is 37.9 Å². The molecule has 3 rings (SSSR count). The molecular weight excluding hydrogens is 308 g/mol.